The number of nitrogens with zero attached hydrogens (tertiary/aromatic N) is 4. The minimum absolute atomic E-state index is 0.676. The van der Waals surface area contributed by atoms with Gasteiger partial charge in [-0.1, -0.05) is 170 Å². The van der Waals surface area contributed by atoms with Crippen LogP contribution in [0.2, 0.25) is 0 Å². The van der Waals surface area contributed by atoms with Gasteiger partial charge in [0.25, 0.3) is 0 Å². The molecule has 66 heavy (non-hydrogen) atoms. The fourth-order valence-corrected chi connectivity index (χ4v) is 11.4. The van der Waals surface area contributed by atoms with Crippen LogP contribution < -0.4 is 9.80 Å². The zero-order chi connectivity index (χ0) is 43.3. The Bertz CT molecular complexity index is 3860. The third-order valence-electron chi connectivity index (χ3n) is 13.9. The summed E-state index contributed by atoms with van der Waals surface area (Å²) in [6, 6.07) is 78.3. The van der Waals surface area contributed by atoms with Gasteiger partial charge in [0.1, 0.15) is 17.2 Å². The molecule has 308 valence electrons. The zero-order valence-corrected chi connectivity index (χ0v) is 35.6. The van der Waals surface area contributed by atoms with Crippen molar-refractivity contribution in [2.24, 2.45) is 0 Å². The highest BCUT2D eigenvalue weighted by molar-refractivity contribution is 6.19. The third-order valence-corrected chi connectivity index (χ3v) is 13.9. The summed E-state index contributed by atoms with van der Waals surface area (Å²) in [5, 5.41) is 6.47. The van der Waals surface area contributed by atoms with Crippen LogP contribution in [-0.4, -0.2) is 9.97 Å². The molecular weight excluding hydrogens is 805 g/mol. The third kappa shape index (κ3) is 4.99. The molecule has 2 aliphatic carbocycles. The van der Waals surface area contributed by atoms with Crippen molar-refractivity contribution in [2.75, 3.05) is 9.80 Å². The van der Waals surface area contributed by atoms with E-state index in [1.807, 2.05) is 12.4 Å². The Morgan fingerprint density at radius 1 is 0.394 bits per heavy atom. The van der Waals surface area contributed by atoms with Crippen LogP contribution in [0.3, 0.4) is 0 Å². The maximum atomic E-state index is 7.56. The van der Waals surface area contributed by atoms with E-state index in [1.54, 1.807) is 0 Å². The highest BCUT2D eigenvalue weighted by Gasteiger charge is 2.54. The van der Waals surface area contributed by atoms with E-state index in [4.69, 9.17) is 14.4 Å². The second-order valence-corrected chi connectivity index (χ2v) is 17.2. The Hall–Kier alpha value is -8.80. The second kappa shape index (κ2) is 14.1. The average molecular weight is 843 g/mol. The predicted octanol–water partition coefficient (Wildman–Crippen LogP) is 16.0. The lowest BCUT2D eigenvalue weighted by Crippen LogP contribution is -2.26. The number of aromatic nitrogens is 2. The lowest BCUT2D eigenvalue weighted by atomic mass is 9.69. The van der Waals surface area contributed by atoms with Crippen molar-refractivity contribution in [1.29, 1.82) is 0 Å². The van der Waals surface area contributed by atoms with E-state index in [2.05, 4.69) is 228 Å². The number of para-hydroxylation sites is 3. The Kier molecular flexibility index (Phi) is 7.83. The quantitative estimate of drug-likeness (QED) is 0.167. The molecule has 0 bridgehead atoms. The molecule has 0 N–H and O–H groups in total. The van der Waals surface area contributed by atoms with Gasteiger partial charge in [0.15, 0.2) is 5.58 Å². The van der Waals surface area contributed by atoms with Gasteiger partial charge in [-0.3, -0.25) is 9.80 Å². The number of hydrogen-bond donors (Lipinski definition) is 0. The van der Waals surface area contributed by atoms with Crippen LogP contribution in [0.25, 0.3) is 65.7 Å². The summed E-state index contributed by atoms with van der Waals surface area (Å²) >= 11 is 0. The molecule has 0 saturated heterocycles. The Balaban J connectivity index is 1.17. The van der Waals surface area contributed by atoms with E-state index in [9.17, 15) is 0 Å². The first-order valence-electron chi connectivity index (χ1n) is 22.5. The van der Waals surface area contributed by atoms with Crippen LogP contribution in [0, 0.1) is 0 Å². The van der Waals surface area contributed by atoms with Gasteiger partial charge in [-0.25, -0.2) is 9.97 Å². The Morgan fingerprint density at radius 2 is 0.864 bits per heavy atom. The molecule has 0 unspecified atom stereocenters. The number of fused-ring (bicyclic) bond motifs is 16. The molecule has 3 aromatic heterocycles. The first-order valence-corrected chi connectivity index (χ1v) is 22.5. The minimum atomic E-state index is -0.676. The summed E-state index contributed by atoms with van der Waals surface area (Å²) in [7, 11) is 0. The van der Waals surface area contributed by atoms with Crippen molar-refractivity contribution in [2.45, 2.75) is 5.41 Å². The number of pyridine rings is 2. The molecular formula is C61H38N4O. The van der Waals surface area contributed by atoms with Crippen LogP contribution in [0.1, 0.15) is 22.3 Å². The van der Waals surface area contributed by atoms with Crippen LogP contribution in [0.5, 0.6) is 0 Å². The number of benzene rings is 9. The summed E-state index contributed by atoms with van der Waals surface area (Å²) in [6.45, 7) is 0. The van der Waals surface area contributed by atoms with Crippen molar-refractivity contribution in [1.82, 2.24) is 9.97 Å². The highest BCUT2D eigenvalue weighted by atomic mass is 16.3. The van der Waals surface area contributed by atoms with Crippen molar-refractivity contribution in [3.63, 3.8) is 0 Å². The van der Waals surface area contributed by atoms with Crippen molar-refractivity contribution in [3.8, 4) is 22.3 Å². The summed E-state index contributed by atoms with van der Waals surface area (Å²) in [4.78, 5) is 15.0. The van der Waals surface area contributed by atoms with E-state index in [1.165, 1.54) is 38.9 Å². The van der Waals surface area contributed by atoms with Gasteiger partial charge in [-0.05, 0) is 92.2 Å². The minimum Gasteiger partial charge on any atom is -0.454 e. The van der Waals surface area contributed by atoms with Crippen molar-refractivity contribution >= 4 is 77.9 Å². The molecule has 0 radical (unpaired) electrons. The number of rotatable bonds is 6. The van der Waals surface area contributed by atoms with Crippen molar-refractivity contribution < 1.29 is 4.42 Å². The van der Waals surface area contributed by atoms with Gasteiger partial charge in [-0.15, -0.1) is 0 Å². The lowest BCUT2D eigenvalue weighted by Gasteiger charge is -2.32. The fraction of sp³-hybridized carbons (Fsp3) is 0.0164. The first-order chi connectivity index (χ1) is 32.8. The van der Waals surface area contributed by atoms with E-state index in [0.29, 0.717) is 0 Å². The molecule has 0 amide bonds. The van der Waals surface area contributed by atoms with Crippen LogP contribution in [0.15, 0.2) is 235 Å². The molecule has 9 aromatic carbocycles. The maximum Gasteiger partial charge on any atom is 0.159 e. The number of anilines is 6. The lowest BCUT2D eigenvalue weighted by molar-refractivity contribution is 0.668. The van der Waals surface area contributed by atoms with Crippen LogP contribution >= 0.6 is 0 Å². The number of hydrogen-bond acceptors (Lipinski definition) is 5. The van der Waals surface area contributed by atoms with Gasteiger partial charge in [0.05, 0.1) is 16.8 Å². The monoisotopic (exact) mass is 842 g/mol. The molecule has 12 aromatic rings. The number of furan rings is 1. The molecule has 5 heteroatoms. The molecule has 14 rings (SSSR count). The molecule has 0 atom stereocenters. The van der Waals surface area contributed by atoms with E-state index in [0.717, 1.165) is 83.4 Å². The molecule has 0 aliphatic heterocycles. The molecule has 3 heterocycles. The first kappa shape index (κ1) is 36.7. The Morgan fingerprint density at radius 3 is 1.45 bits per heavy atom. The van der Waals surface area contributed by atoms with Gasteiger partial charge >= 0.3 is 0 Å². The summed E-state index contributed by atoms with van der Waals surface area (Å²) < 4.78 is 7.56. The molecule has 2 aliphatic rings. The summed E-state index contributed by atoms with van der Waals surface area (Å²) in [5.41, 5.74) is 14.6. The van der Waals surface area contributed by atoms with E-state index in [-0.39, 0.29) is 0 Å². The topological polar surface area (TPSA) is 45.4 Å². The largest absolute Gasteiger partial charge is 0.454 e. The Labute approximate surface area is 381 Å². The van der Waals surface area contributed by atoms with Gasteiger partial charge in [0.2, 0.25) is 0 Å². The van der Waals surface area contributed by atoms with Gasteiger partial charge in [0, 0.05) is 56.9 Å². The standard InChI is InChI=1S/C61H38N4O/c1-3-20-41(21-4-1)64(59-43-24-9-7-18-39(43)34-36-62-59)52-33-17-29-48-56-54(66-58(48)52)38-53(65(42-22-5-2-6-23-42)60-44-25-10-8-19-40(44)35-37-63-60)55-47-28-13-16-32-51(47)61(57(55)56)49-30-14-11-26-45(49)46-27-12-15-31-50(46)61/h1-38H. The molecule has 5 nitrogen and oxygen atoms in total. The summed E-state index contributed by atoms with van der Waals surface area (Å²) in [6.07, 6.45) is 3.83. The molecule has 1 spiro atoms. The highest BCUT2D eigenvalue weighted by Crippen LogP contribution is 2.67. The van der Waals surface area contributed by atoms with E-state index >= 15 is 0 Å². The van der Waals surface area contributed by atoms with Crippen molar-refractivity contribution in [3.05, 3.63) is 253 Å². The van der Waals surface area contributed by atoms with Gasteiger partial charge in [-0.2, -0.15) is 0 Å². The summed E-state index contributed by atoms with van der Waals surface area (Å²) in [5.74, 6) is 1.68. The van der Waals surface area contributed by atoms with Crippen LogP contribution in [0.4, 0.5) is 34.4 Å². The average Bonchev–Trinajstić information content (AvgIpc) is 4.02. The smallest absolute Gasteiger partial charge is 0.159 e. The van der Waals surface area contributed by atoms with Gasteiger partial charge < -0.3 is 4.42 Å². The van der Waals surface area contributed by atoms with Crippen LogP contribution in [-0.2, 0) is 5.41 Å². The fourth-order valence-electron chi connectivity index (χ4n) is 11.4. The predicted molar refractivity (Wildman–Crippen MR) is 270 cm³/mol. The molecule has 0 saturated carbocycles. The zero-order valence-electron chi connectivity index (χ0n) is 35.6. The molecule has 0 fully saturated rings. The normalized spacial score (nSPS) is 13.0. The SMILES string of the molecule is c1ccc(N(c2cc3oc4c(N(c5ccccc5)c5nccc6ccccc56)cccc4c3c3c2-c2ccccc2C32c3ccccc3-c3ccccc32)c2nccc3ccccc23)cc1. The maximum absolute atomic E-state index is 7.56. The second-order valence-electron chi connectivity index (χ2n) is 17.2. The van der Waals surface area contributed by atoms with E-state index < -0.39 is 5.41 Å².